The Labute approximate surface area is 161 Å². The lowest BCUT2D eigenvalue weighted by Gasteiger charge is -2.15. The molecular formula is C17H19Cl2N5O2. The van der Waals surface area contributed by atoms with Crippen molar-refractivity contribution in [3.8, 4) is 0 Å². The fraction of sp³-hybridized carbons (Fsp3) is 0.412. The van der Waals surface area contributed by atoms with E-state index in [1.165, 1.54) is 0 Å². The van der Waals surface area contributed by atoms with E-state index in [2.05, 4.69) is 25.5 Å². The molecule has 1 aliphatic carbocycles. The van der Waals surface area contributed by atoms with Crippen molar-refractivity contribution in [2.75, 3.05) is 11.9 Å². The first-order valence-corrected chi connectivity index (χ1v) is 8.98. The number of aromatic nitrogens is 2. The summed E-state index contributed by atoms with van der Waals surface area (Å²) in [7, 11) is 0. The third-order valence-electron chi connectivity index (χ3n) is 4.28. The van der Waals surface area contributed by atoms with Gasteiger partial charge in [0.25, 0.3) is 0 Å². The summed E-state index contributed by atoms with van der Waals surface area (Å²) in [5, 5.41) is 31.7. The second-order valence-electron chi connectivity index (χ2n) is 6.26. The Bertz CT molecular complexity index is 800. The van der Waals surface area contributed by atoms with Gasteiger partial charge in [-0.3, -0.25) is 0 Å². The molecule has 1 aromatic heterocycles. The van der Waals surface area contributed by atoms with Gasteiger partial charge in [0.05, 0.1) is 11.8 Å². The van der Waals surface area contributed by atoms with Crippen LogP contribution >= 0.6 is 23.2 Å². The van der Waals surface area contributed by atoms with E-state index < -0.39 is 6.10 Å². The number of anilines is 1. The minimum Gasteiger partial charge on any atom is -0.396 e. The summed E-state index contributed by atoms with van der Waals surface area (Å²) < 4.78 is 0. The lowest BCUT2D eigenvalue weighted by Crippen LogP contribution is -2.18. The zero-order valence-electron chi connectivity index (χ0n) is 14.1. The largest absolute Gasteiger partial charge is 0.396 e. The zero-order chi connectivity index (χ0) is 18.7. The van der Waals surface area contributed by atoms with E-state index in [0.717, 1.165) is 0 Å². The lowest BCUT2D eigenvalue weighted by molar-refractivity contribution is 0.0908. The van der Waals surface area contributed by atoms with Crippen LogP contribution in [-0.2, 0) is 0 Å². The standard InChI is InChI=1S/C17H19Cl2N5O2/c1-9-20-16(19)15(24-23-12-4-2-11(18)3-5-12)17(21-9)22-13-6-10(8-25)14(26)7-13/h2-5,10,13-14,25-26H,6-8H2,1H3,(H,20,21,22)/b24-23+/t10-,13-,14+/m1/s1. The first-order valence-electron chi connectivity index (χ1n) is 8.23. The topological polar surface area (TPSA) is 103 Å². The zero-order valence-corrected chi connectivity index (χ0v) is 15.6. The minimum atomic E-state index is -0.546. The average Bonchev–Trinajstić information content (AvgIpc) is 2.95. The quantitative estimate of drug-likeness (QED) is 0.523. The van der Waals surface area contributed by atoms with Gasteiger partial charge in [0.2, 0.25) is 0 Å². The molecule has 0 saturated heterocycles. The molecule has 0 aliphatic heterocycles. The summed E-state index contributed by atoms with van der Waals surface area (Å²) in [6, 6.07) is 6.87. The highest BCUT2D eigenvalue weighted by atomic mass is 35.5. The predicted molar refractivity (Wildman–Crippen MR) is 101 cm³/mol. The molecule has 0 amide bonds. The Hall–Kier alpha value is -1.80. The number of nitrogens with zero attached hydrogens (tertiary/aromatic N) is 4. The van der Waals surface area contributed by atoms with E-state index in [9.17, 15) is 10.2 Å². The first-order chi connectivity index (χ1) is 12.5. The summed E-state index contributed by atoms with van der Waals surface area (Å²) >= 11 is 12.1. The molecule has 1 aliphatic rings. The smallest absolute Gasteiger partial charge is 0.165 e. The summed E-state index contributed by atoms with van der Waals surface area (Å²) in [6.07, 6.45) is 0.598. The minimum absolute atomic E-state index is 0.0444. The number of aliphatic hydroxyl groups is 2. The summed E-state index contributed by atoms with van der Waals surface area (Å²) in [5.74, 6) is 0.807. The number of hydrogen-bond acceptors (Lipinski definition) is 7. The predicted octanol–water partition coefficient (Wildman–Crippen LogP) is 4.05. The number of azo groups is 1. The molecular weight excluding hydrogens is 377 g/mol. The van der Waals surface area contributed by atoms with E-state index in [4.69, 9.17) is 23.2 Å². The molecule has 138 valence electrons. The SMILES string of the molecule is Cc1nc(Cl)c(/N=N/c2ccc(Cl)cc2)c(N[C@@H]2C[C@H](CO)[C@@H](O)C2)n1. The van der Waals surface area contributed by atoms with Crippen molar-refractivity contribution in [3.05, 3.63) is 40.3 Å². The number of benzene rings is 1. The molecule has 0 radical (unpaired) electrons. The highest BCUT2D eigenvalue weighted by molar-refractivity contribution is 6.32. The van der Waals surface area contributed by atoms with E-state index in [0.29, 0.717) is 40.9 Å². The maximum absolute atomic E-state index is 9.98. The molecule has 1 fully saturated rings. The van der Waals surface area contributed by atoms with Gasteiger partial charge in [-0.2, -0.15) is 5.11 Å². The number of hydrogen-bond donors (Lipinski definition) is 3. The van der Waals surface area contributed by atoms with Gasteiger partial charge in [0.1, 0.15) is 5.82 Å². The van der Waals surface area contributed by atoms with Crippen molar-refractivity contribution in [3.63, 3.8) is 0 Å². The first kappa shape index (κ1) is 19.0. The van der Waals surface area contributed by atoms with E-state index in [-0.39, 0.29) is 23.7 Å². The van der Waals surface area contributed by atoms with Crippen LogP contribution in [0.5, 0.6) is 0 Å². The highest BCUT2D eigenvalue weighted by Gasteiger charge is 2.33. The van der Waals surface area contributed by atoms with Crippen molar-refractivity contribution < 1.29 is 10.2 Å². The Morgan fingerprint density at radius 1 is 1.15 bits per heavy atom. The maximum Gasteiger partial charge on any atom is 0.165 e. The Morgan fingerprint density at radius 3 is 2.54 bits per heavy atom. The van der Waals surface area contributed by atoms with E-state index in [1.54, 1.807) is 31.2 Å². The van der Waals surface area contributed by atoms with Crippen LogP contribution in [0.3, 0.4) is 0 Å². The molecule has 1 heterocycles. The lowest BCUT2D eigenvalue weighted by atomic mass is 10.1. The van der Waals surface area contributed by atoms with Gasteiger partial charge < -0.3 is 15.5 Å². The fourth-order valence-electron chi connectivity index (χ4n) is 2.95. The van der Waals surface area contributed by atoms with Crippen LogP contribution in [0.15, 0.2) is 34.5 Å². The van der Waals surface area contributed by atoms with Crippen LogP contribution in [0, 0.1) is 12.8 Å². The van der Waals surface area contributed by atoms with Gasteiger partial charge in [-0.25, -0.2) is 9.97 Å². The van der Waals surface area contributed by atoms with Crippen LogP contribution in [0.2, 0.25) is 10.2 Å². The molecule has 3 rings (SSSR count). The fourth-order valence-corrected chi connectivity index (χ4v) is 3.32. The number of rotatable bonds is 5. The second kappa shape index (κ2) is 8.26. The van der Waals surface area contributed by atoms with Gasteiger partial charge in [0, 0.05) is 23.6 Å². The van der Waals surface area contributed by atoms with Crippen LogP contribution in [0.4, 0.5) is 17.2 Å². The van der Waals surface area contributed by atoms with Crippen LogP contribution in [0.1, 0.15) is 18.7 Å². The van der Waals surface area contributed by atoms with Crippen LogP contribution in [0.25, 0.3) is 0 Å². The van der Waals surface area contributed by atoms with Gasteiger partial charge in [-0.1, -0.05) is 23.2 Å². The molecule has 3 N–H and O–H groups in total. The van der Waals surface area contributed by atoms with Crippen LogP contribution in [-0.4, -0.2) is 38.9 Å². The third-order valence-corrected chi connectivity index (χ3v) is 4.79. The molecule has 0 spiro atoms. The molecule has 2 aromatic rings. The van der Waals surface area contributed by atoms with Crippen molar-refractivity contribution >= 4 is 40.4 Å². The van der Waals surface area contributed by atoms with Crippen molar-refractivity contribution in [2.24, 2.45) is 16.1 Å². The second-order valence-corrected chi connectivity index (χ2v) is 7.05. The number of nitrogens with one attached hydrogen (secondary N) is 1. The Morgan fingerprint density at radius 2 is 1.88 bits per heavy atom. The molecule has 7 nitrogen and oxygen atoms in total. The monoisotopic (exact) mass is 395 g/mol. The Kier molecular flexibility index (Phi) is 6.03. The van der Waals surface area contributed by atoms with Gasteiger partial charge >= 0.3 is 0 Å². The molecule has 1 saturated carbocycles. The van der Waals surface area contributed by atoms with Gasteiger partial charge in [-0.15, -0.1) is 5.11 Å². The number of halogens is 2. The summed E-state index contributed by atoms with van der Waals surface area (Å²) in [4.78, 5) is 8.51. The van der Waals surface area contributed by atoms with Gasteiger partial charge in [-0.05, 0) is 44.0 Å². The van der Waals surface area contributed by atoms with Crippen molar-refractivity contribution in [2.45, 2.75) is 31.9 Å². The molecule has 1 aromatic carbocycles. The molecule has 0 unspecified atom stereocenters. The molecule has 9 heteroatoms. The van der Waals surface area contributed by atoms with Crippen LogP contribution < -0.4 is 5.32 Å². The van der Waals surface area contributed by atoms with Gasteiger partial charge in [0.15, 0.2) is 16.7 Å². The van der Waals surface area contributed by atoms with Crippen molar-refractivity contribution in [1.29, 1.82) is 0 Å². The van der Waals surface area contributed by atoms with E-state index >= 15 is 0 Å². The highest BCUT2D eigenvalue weighted by Crippen LogP contribution is 2.35. The summed E-state index contributed by atoms with van der Waals surface area (Å²) in [6.45, 7) is 1.68. The number of aliphatic hydroxyl groups excluding tert-OH is 2. The third kappa shape index (κ3) is 4.48. The average molecular weight is 396 g/mol. The Balaban J connectivity index is 1.84. The molecule has 26 heavy (non-hydrogen) atoms. The molecule has 3 atom stereocenters. The number of aryl methyl sites for hydroxylation is 1. The van der Waals surface area contributed by atoms with E-state index in [1.807, 2.05) is 0 Å². The molecule has 0 bridgehead atoms. The summed E-state index contributed by atoms with van der Waals surface area (Å²) in [5.41, 5.74) is 0.947. The maximum atomic E-state index is 9.98. The normalized spacial score (nSPS) is 22.9. The van der Waals surface area contributed by atoms with Crippen molar-refractivity contribution in [1.82, 2.24) is 9.97 Å².